The van der Waals surface area contributed by atoms with Crippen LogP contribution in [0.25, 0.3) is 0 Å². The summed E-state index contributed by atoms with van der Waals surface area (Å²) in [6.45, 7) is 7.21. The SMILES string of the molecule is Cc1cc(Cc2ccccc2F)cc([C@H]2CCCN(Cc3cnn(C)c3C)C2)n1. The molecule has 0 radical (unpaired) electrons. The molecule has 0 saturated carbocycles. The van der Waals surface area contributed by atoms with Gasteiger partial charge in [0.2, 0.25) is 0 Å². The number of aromatic nitrogens is 3. The minimum absolute atomic E-state index is 0.140. The number of hydrogen-bond donors (Lipinski definition) is 0. The van der Waals surface area contributed by atoms with Crippen molar-refractivity contribution >= 4 is 0 Å². The smallest absolute Gasteiger partial charge is 0.126 e. The number of likely N-dealkylation sites (tertiary alicyclic amines) is 1. The molecule has 1 aliphatic rings. The Hall–Kier alpha value is -2.53. The summed E-state index contributed by atoms with van der Waals surface area (Å²) in [4.78, 5) is 7.36. The van der Waals surface area contributed by atoms with Crippen molar-refractivity contribution in [1.29, 1.82) is 0 Å². The van der Waals surface area contributed by atoms with Gasteiger partial charge >= 0.3 is 0 Å². The Balaban J connectivity index is 1.50. The van der Waals surface area contributed by atoms with E-state index in [1.807, 2.05) is 37.0 Å². The Bertz CT molecular complexity index is 994. The van der Waals surface area contributed by atoms with Gasteiger partial charge < -0.3 is 0 Å². The van der Waals surface area contributed by atoms with Gasteiger partial charge in [-0.15, -0.1) is 0 Å². The second kappa shape index (κ2) is 8.46. The van der Waals surface area contributed by atoms with Gasteiger partial charge in [-0.1, -0.05) is 18.2 Å². The molecule has 0 aliphatic carbocycles. The van der Waals surface area contributed by atoms with Gasteiger partial charge in [0.05, 0.1) is 6.20 Å². The molecule has 0 N–H and O–H groups in total. The van der Waals surface area contributed by atoms with Crippen LogP contribution in [-0.4, -0.2) is 32.8 Å². The number of hydrogen-bond acceptors (Lipinski definition) is 3. The van der Waals surface area contributed by atoms with Gasteiger partial charge in [-0.25, -0.2) is 4.39 Å². The van der Waals surface area contributed by atoms with Crippen LogP contribution < -0.4 is 0 Å². The highest BCUT2D eigenvalue weighted by molar-refractivity contribution is 5.30. The first-order valence-corrected chi connectivity index (χ1v) is 10.4. The van der Waals surface area contributed by atoms with Gasteiger partial charge in [0.1, 0.15) is 5.82 Å². The molecule has 4 rings (SSSR count). The normalized spacial score (nSPS) is 17.6. The maximum Gasteiger partial charge on any atom is 0.126 e. The topological polar surface area (TPSA) is 34.0 Å². The monoisotopic (exact) mass is 392 g/mol. The molecule has 0 spiro atoms. The Morgan fingerprint density at radius 1 is 1.14 bits per heavy atom. The van der Waals surface area contributed by atoms with E-state index in [9.17, 15) is 4.39 Å². The van der Waals surface area contributed by atoms with Crippen LogP contribution in [0.3, 0.4) is 0 Å². The van der Waals surface area contributed by atoms with Crippen LogP contribution in [0, 0.1) is 19.7 Å². The first-order chi connectivity index (χ1) is 14.0. The molecule has 3 heterocycles. The summed E-state index contributed by atoms with van der Waals surface area (Å²) >= 11 is 0. The molecule has 4 nitrogen and oxygen atoms in total. The number of aryl methyl sites for hydroxylation is 2. The van der Waals surface area contributed by atoms with E-state index in [1.165, 1.54) is 23.7 Å². The lowest BCUT2D eigenvalue weighted by molar-refractivity contribution is 0.198. The molecular formula is C24H29FN4. The van der Waals surface area contributed by atoms with Crippen LogP contribution in [0.5, 0.6) is 0 Å². The number of halogens is 1. The van der Waals surface area contributed by atoms with Crippen molar-refractivity contribution in [2.24, 2.45) is 7.05 Å². The van der Waals surface area contributed by atoms with Crippen molar-refractivity contribution < 1.29 is 4.39 Å². The molecule has 1 aromatic carbocycles. The van der Waals surface area contributed by atoms with Crippen LogP contribution in [0.15, 0.2) is 42.6 Å². The zero-order valence-electron chi connectivity index (χ0n) is 17.5. The fraction of sp³-hybridized carbons (Fsp3) is 0.417. The van der Waals surface area contributed by atoms with Crippen LogP contribution in [0.2, 0.25) is 0 Å². The molecule has 0 amide bonds. The fourth-order valence-electron chi connectivity index (χ4n) is 4.32. The summed E-state index contributed by atoms with van der Waals surface area (Å²) in [5.74, 6) is 0.277. The van der Waals surface area contributed by atoms with E-state index in [2.05, 4.69) is 29.1 Å². The summed E-state index contributed by atoms with van der Waals surface area (Å²) < 4.78 is 16.0. The van der Waals surface area contributed by atoms with Crippen molar-refractivity contribution in [3.8, 4) is 0 Å². The van der Waals surface area contributed by atoms with Crippen LogP contribution >= 0.6 is 0 Å². The quantitative estimate of drug-likeness (QED) is 0.639. The third kappa shape index (κ3) is 4.56. The summed E-state index contributed by atoms with van der Waals surface area (Å²) in [7, 11) is 1.99. The van der Waals surface area contributed by atoms with E-state index in [1.54, 1.807) is 6.07 Å². The van der Waals surface area contributed by atoms with Gasteiger partial charge in [0, 0.05) is 55.1 Å². The predicted molar refractivity (Wildman–Crippen MR) is 113 cm³/mol. The minimum atomic E-state index is -0.140. The fourth-order valence-corrected chi connectivity index (χ4v) is 4.32. The lowest BCUT2D eigenvalue weighted by Crippen LogP contribution is -2.34. The summed E-state index contributed by atoms with van der Waals surface area (Å²) in [6, 6.07) is 11.3. The Kier molecular flexibility index (Phi) is 5.76. The molecule has 3 aromatic rings. The number of benzene rings is 1. The van der Waals surface area contributed by atoms with Crippen LogP contribution in [0.4, 0.5) is 4.39 Å². The average Bonchev–Trinajstić information content (AvgIpc) is 3.02. The molecule has 1 aliphatic heterocycles. The van der Waals surface area contributed by atoms with E-state index in [-0.39, 0.29) is 5.82 Å². The Morgan fingerprint density at radius 2 is 1.97 bits per heavy atom. The molecule has 152 valence electrons. The van der Waals surface area contributed by atoms with E-state index in [0.717, 1.165) is 48.6 Å². The third-order valence-corrected chi connectivity index (χ3v) is 6.04. The molecular weight excluding hydrogens is 363 g/mol. The van der Waals surface area contributed by atoms with Crippen molar-refractivity contribution in [3.05, 3.63) is 82.2 Å². The highest BCUT2D eigenvalue weighted by Gasteiger charge is 2.24. The molecule has 29 heavy (non-hydrogen) atoms. The maximum absolute atomic E-state index is 14.1. The number of piperidine rings is 1. The zero-order chi connectivity index (χ0) is 20.4. The van der Waals surface area contributed by atoms with Gasteiger partial charge in [0.25, 0.3) is 0 Å². The molecule has 1 atom stereocenters. The standard InChI is InChI=1S/C24H29FN4/c1-17-11-19(12-20-7-4-5-9-23(20)25)13-24(27-17)21-8-6-10-29(15-21)16-22-14-26-28(3)18(22)2/h4-5,7,9,11,13-14,21H,6,8,10,12,15-16H2,1-3H3/t21-/m0/s1. The van der Waals surface area contributed by atoms with Crippen molar-refractivity contribution in [3.63, 3.8) is 0 Å². The maximum atomic E-state index is 14.1. The Morgan fingerprint density at radius 3 is 2.72 bits per heavy atom. The minimum Gasteiger partial charge on any atom is -0.298 e. The second-order valence-corrected chi connectivity index (χ2v) is 8.26. The number of nitrogens with zero attached hydrogens (tertiary/aromatic N) is 4. The van der Waals surface area contributed by atoms with Crippen molar-refractivity contribution in [2.75, 3.05) is 13.1 Å². The summed E-state index contributed by atoms with van der Waals surface area (Å²) in [5, 5.41) is 4.38. The first-order valence-electron chi connectivity index (χ1n) is 10.4. The van der Waals surface area contributed by atoms with E-state index in [0.29, 0.717) is 12.3 Å². The molecule has 1 saturated heterocycles. The lowest BCUT2D eigenvalue weighted by atomic mass is 9.92. The molecule has 1 fully saturated rings. The van der Waals surface area contributed by atoms with Crippen molar-refractivity contribution in [2.45, 2.75) is 45.6 Å². The number of rotatable bonds is 5. The van der Waals surface area contributed by atoms with Gasteiger partial charge in [-0.2, -0.15) is 5.10 Å². The molecule has 0 bridgehead atoms. The van der Waals surface area contributed by atoms with E-state index in [4.69, 9.17) is 4.98 Å². The van der Waals surface area contributed by atoms with Gasteiger partial charge in [0.15, 0.2) is 0 Å². The zero-order valence-corrected chi connectivity index (χ0v) is 17.5. The summed E-state index contributed by atoms with van der Waals surface area (Å²) in [5.41, 5.74) is 6.55. The number of pyridine rings is 1. The second-order valence-electron chi connectivity index (χ2n) is 8.26. The third-order valence-electron chi connectivity index (χ3n) is 6.04. The van der Waals surface area contributed by atoms with Gasteiger partial charge in [-0.05, 0) is 62.6 Å². The predicted octanol–water partition coefficient (Wildman–Crippen LogP) is 4.54. The molecule has 0 unspecified atom stereocenters. The first kappa shape index (κ1) is 19.8. The van der Waals surface area contributed by atoms with Gasteiger partial charge in [-0.3, -0.25) is 14.6 Å². The molecule has 2 aromatic heterocycles. The Labute approximate surface area is 172 Å². The van der Waals surface area contributed by atoms with E-state index >= 15 is 0 Å². The van der Waals surface area contributed by atoms with Crippen molar-refractivity contribution in [1.82, 2.24) is 19.7 Å². The largest absolute Gasteiger partial charge is 0.298 e. The average molecular weight is 393 g/mol. The lowest BCUT2D eigenvalue weighted by Gasteiger charge is -2.32. The highest BCUT2D eigenvalue weighted by Crippen LogP contribution is 2.28. The van der Waals surface area contributed by atoms with E-state index < -0.39 is 0 Å². The molecule has 5 heteroatoms. The summed E-state index contributed by atoms with van der Waals surface area (Å²) in [6.07, 6.45) is 4.91. The van der Waals surface area contributed by atoms with Crippen LogP contribution in [-0.2, 0) is 20.0 Å². The highest BCUT2D eigenvalue weighted by atomic mass is 19.1. The van der Waals surface area contributed by atoms with Crippen LogP contribution in [0.1, 0.15) is 52.5 Å².